The van der Waals surface area contributed by atoms with Gasteiger partial charge >= 0.3 is 0 Å². The standard InChI is InChI=1S/C26H36N4O2/c1-25(2,31)18-32-24-6-4-3-5-23(24)20-8-11-29(12-9-20)21-7-10-26(13-21)16-30(17-26)22-14-27-19-28-15-22/h3-6,14-15,19-21,31H,7-13,16-18H2,1-2H3. The van der Waals surface area contributed by atoms with E-state index in [1.807, 2.05) is 24.5 Å². The molecule has 1 saturated carbocycles. The van der Waals surface area contributed by atoms with Crippen LogP contribution in [-0.4, -0.2) is 64.4 Å². The second kappa shape index (κ2) is 8.64. The zero-order valence-electron chi connectivity index (χ0n) is 19.4. The molecule has 32 heavy (non-hydrogen) atoms. The molecule has 0 bridgehead atoms. The van der Waals surface area contributed by atoms with Crippen molar-refractivity contribution < 1.29 is 9.84 Å². The average molecular weight is 437 g/mol. The normalized spacial score (nSPS) is 24.0. The third-order valence-electron chi connectivity index (χ3n) is 7.63. The molecule has 2 saturated heterocycles. The van der Waals surface area contributed by atoms with Crippen molar-refractivity contribution in [1.29, 1.82) is 0 Å². The van der Waals surface area contributed by atoms with Gasteiger partial charge in [0.15, 0.2) is 0 Å². The molecule has 1 unspecified atom stereocenters. The van der Waals surface area contributed by atoms with Gasteiger partial charge in [-0.25, -0.2) is 9.97 Å². The lowest BCUT2D eigenvalue weighted by molar-refractivity contribution is 0.0278. The zero-order valence-corrected chi connectivity index (χ0v) is 19.4. The lowest BCUT2D eigenvalue weighted by atomic mass is 9.77. The Bertz CT molecular complexity index is 900. The second-order valence-corrected chi connectivity index (χ2v) is 10.8. The summed E-state index contributed by atoms with van der Waals surface area (Å²) >= 11 is 0. The first-order valence-corrected chi connectivity index (χ1v) is 12.1. The van der Waals surface area contributed by atoms with Crippen LogP contribution in [0.2, 0.25) is 0 Å². The highest BCUT2D eigenvalue weighted by Crippen LogP contribution is 2.49. The van der Waals surface area contributed by atoms with Gasteiger partial charge < -0.3 is 19.6 Å². The summed E-state index contributed by atoms with van der Waals surface area (Å²) in [5, 5.41) is 10.0. The van der Waals surface area contributed by atoms with Gasteiger partial charge in [-0.2, -0.15) is 0 Å². The maximum atomic E-state index is 10.0. The monoisotopic (exact) mass is 436 g/mol. The molecule has 1 aromatic carbocycles. The smallest absolute Gasteiger partial charge is 0.122 e. The van der Waals surface area contributed by atoms with Gasteiger partial charge in [0.05, 0.1) is 23.7 Å². The molecule has 6 nitrogen and oxygen atoms in total. The van der Waals surface area contributed by atoms with Crippen LogP contribution in [0.15, 0.2) is 43.0 Å². The molecular weight excluding hydrogens is 400 g/mol. The lowest BCUT2D eigenvalue weighted by Crippen LogP contribution is -2.56. The second-order valence-electron chi connectivity index (χ2n) is 10.8. The summed E-state index contributed by atoms with van der Waals surface area (Å²) in [5.41, 5.74) is 2.14. The van der Waals surface area contributed by atoms with Gasteiger partial charge in [0.25, 0.3) is 0 Å². The van der Waals surface area contributed by atoms with E-state index in [4.69, 9.17) is 4.74 Å². The van der Waals surface area contributed by atoms with Gasteiger partial charge in [-0.05, 0) is 76.6 Å². The predicted molar refractivity (Wildman–Crippen MR) is 126 cm³/mol. The van der Waals surface area contributed by atoms with Crippen LogP contribution in [0.5, 0.6) is 5.75 Å². The minimum atomic E-state index is -0.820. The molecule has 1 aromatic heterocycles. The van der Waals surface area contributed by atoms with Crippen molar-refractivity contribution >= 4 is 5.69 Å². The Morgan fingerprint density at radius 3 is 2.53 bits per heavy atom. The highest BCUT2D eigenvalue weighted by molar-refractivity contribution is 5.46. The zero-order chi connectivity index (χ0) is 22.2. The topological polar surface area (TPSA) is 61.7 Å². The highest BCUT2D eigenvalue weighted by Gasteiger charge is 2.49. The molecule has 6 heteroatoms. The number of benzene rings is 1. The Labute approximate surface area is 191 Å². The molecule has 3 fully saturated rings. The minimum absolute atomic E-state index is 0.319. The Kier molecular flexibility index (Phi) is 5.84. The number of aliphatic hydroxyl groups is 1. The van der Waals surface area contributed by atoms with E-state index in [1.165, 1.54) is 50.8 Å². The van der Waals surface area contributed by atoms with E-state index in [1.54, 1.807) is 20.2 Å². The van der Waals surface area contributed by atoms with Crippen LogP contribution in [0.3, 0.4) is 0 Å². The van der Waals surface area contributed by atoms with Crippen molar-refractivity contribution in [3.05, 3.63) is 48.5 Å². The average Bonchev–Trinajstić information content (AvgIpc) is 3.23. The van der Waals surface area contributed by atoms with Crippen LogP contribution >= 0.6 is 0 Å². The first-order chi connectivity index (χ1) is 15.4. The van der Waals surface area contributed by atoms with Crippen molar-refractivity contribution in [1.82, 2.24) is 14.9 Å². The fourth-order valence-electron chi connectivity index (χ4n) is 5.96. The fourth-order valence-corrected chi connectivity index (χ4v) is 5.96. The lowest BCUT2D eigenvalue weighted by Gasteiger charge is -2.50. The molecule has 5 rings (SSSR count). The predicted octanol–water partition coefficient (Wildman–Crippen LogP) is 3.86. The number of para-hydroxylation sites is 1. The van der Waals surface area contributed by atoms with Crippen LogP contribution in [0.4, 0.5) is 5.69 Å². The summed E-state index contributed by atoms with van der Waals surface area (Å²) in [6.45, 7) is 8.54. The van der Waals surface area contributed by atoms with Crippen LogP contribution in [0.25, 0.3) is 0 Å². The van der Waals surface area contributed by atoms with E-state index >= 15 is 0 Å². The van der Waals surface area contributed by atoms with Crippen LogP contribution in [-0.2, 0) is 0 Å². The van der Waals surface area contributed by atoms with E-state index in [0.717, 1.165) is 30.6 Å². The molecule has 1 atom stereocenters. The van der Waals surface area contributed by atoms with E-state index in [0.29, 0.717) is 17.9 Å². The summed E-state index contributed by atoms with van der Waals surface area (Å²) in [4.78, 5) is 13.5. The summed E-state index contributed by atoms with van der Waals surface area (Å²) < 4.78 is 6.00. The van der Waals surface area contributed by atoms with Gasteiger partial charge in [-0.3, -0.25) is 0 Å². The van der Waals surface area contributed by atoms with Gasteiger partial charge in [0.1, 0.15) is 18.7 Å². The molecule has 0 amide bonds. The van der Waals surface area contributed by atoms with E-state index < -0.39 is 5.60 Å². The Balaban J connectivity index is 1.14. The fraction of sp³-hybridized carbons (Fsp3) is 0.615. The number of hydrogen-bond acceptors (Lipinski definition) is 6. The van der Waals surface area contributed by atoms with Gasteiger partial charge in [0.2, 0.25) is 0 Å². The summed E-state index contributed by atoms with van der Waals surface area (Å²) in [7, 11) is 0. The van der Waals surface area contributed by atoms with Gasteiger partial charge in [-0.1, -0.05) is 18.2 Å². The van der Waals surface area contributed by atoms with E-state index in [9.17, 15) is 5.11 Å². The molecule has 3 aliphatic rings. The summed E-state index contributed by atoms with van der Waals surface area (Å²) in [6, 6.07) is 9.13. The molecule has 1 N–H and O–H groups in total. The van der Waals surface area contributed by atoms with Gasteiger partial charge in [0, 0.05) is 24.5 Å². The summed E-state index contributed by atoms with van der Waals surface area (Å²) in [6.07, 6.45) is 11.8. The first-order valence-electron chi connectivity index (χ1n) is 12.1. The number of hydrogen-bond donors (Lipinski definition) is 1. The van der Waals surface area contributed by atoms with Crippen molar-refractivity contribution in [2.24, 2.45) is 5.41 Å². The quantitative estimate of drug-likeness (QED) is 0.742. The molecule has 0 radical (unpaired) electrons. The largest absolute Gasteiger partial charge is 0.490 e. The molecule has 172 valence electrons. The molecule has 1 aliphatic carbocycles. The number of aromatic nitrogens is 2. The summed E-state index contributed by atoms with van der Waals surface area (Å²) in [5.74, 6) is 1.48. The molecule has 2 aliphatic heterocycles. The third kappa shape index (κ3) is 4.62. The van der Waals surface area contributed by atoms with Crippen molar-refractivity contribution in [3.8, 4) is 5.75 Å². The van der Waals surface area contributed by atoms with Crippen LogP contribution in [0, 0.1) is 5.41 Å². The van der Waals surface area contributed by atoms with E-state index in [2.05, 4.69) is 31.9 Å². The molecule has 3 heterocycles. The maximum absolute atomic E-state index is 10.0. The number of ether oxygens (including phenoxy) is 1. The number of anilines is 1. The van der Waals surface area contributed by atoms with Gasteiger partial charge in [-0.15, -0.1) is 0 Å². The van der Waals surface area contributed by atoms with Crippen molar-refractivity contribution in [2.75, 3.05) is 37.7 Å². The molecule has 1 spiro atoms. The van der Waals surface area contributed by atoms with E-state index in [-0.39, 0.29) is 0 Å². The Morgan fingerprint density at radius 2 is 1.81 bits per heavy atom. The number of likely N-dealkylation sites (tertiary alicyclic amines) is 1. The minimum Gasteiger partial charge on any atom is -0.490 e. The number of nitrogens with zero attached hydrogens (tertiary/aromatic N) is 4. The SMILES string of the molecule is CC(C)(O)COc1ccccc1C1CCN(C2CCC3(C2)CN(c2cncnc2)C3)CC1. The van der Waals surface area contributed by atoms with Crippen molar-refractivity contribution in [3.63, 3.8) is 0 Å². The van der Waals surface area contributed by atoms with Crippen molar-refractivity contribution in [2.45, 2.75) is 63.5 Å². The Morgan fingerprint density at radius 1 is 1.09 bits per heavy atom. The third-order valence-corrected chi connectivity index (χ3v) is 7.63. The maximum Gasteiger partial charge on any atom is 0.122 e. The number of piperidine rings is 1. The molecule has 2 aromatic rings. The highest BCUT2D eigenvalue weighted by atomic mass is 16.5. The van der Waals surface area contributed by atoms with Crippen LogP contribution in [0.1, 0.15) is 57.4 Å². The first kappa shape index (κ1) is 21.7. The molecular formula is C26H36N4O2. The van der Waals surface area contributed by atoms with Crippen LogP contribution < -0.4 is 9.64 Å². The Hall–Kier alpha value is -2.18. The number of rotatable bonds is 6.